The van der Waals surface area contributed by atoms with Crippen LogP contribution in [0.1, 0.15) is 71.2 Å². The Morgan fingerprint density at radius 1 is 1.09 bits per heavy atom. The van der Waals surface area contributed by atoms with Crippen LogP contribution in [0, 0.1) is 31.1 Å². The Hall–Kier alpha value is -3.08. The SMILES string of the molecule is Cc1ccc(C)c(C(C(=O)NC(C)C)N(CC#N)C(=O)C(NC(=O)OC(C)(C)C)C(C)C)c1. The van der Waals surface area contributed by atoms with Gasteiger partial charge in [0.25, 0.3) is 0 Å². The van der Waals surface area contributed by atoms with Crippen LogP contribution in [0.5, 0.6) is 0 Å². The summed E-state index contributed by atoms with van der Waals surface area (Å²) in [6, 6.07) is 5.50. The summed E-state index contributed by atoms with van der Waals surface area (Å²) in [6.07, 6.45) is -0.735. The first-order valence-electron chi connectivity index (χ1n) is 11.2. The van der Waals surface area contributed by atoms with Crippen molar-refractivity contribution in [1.82, 2.24) is 15.5 Å². The fourth-order valence-corrected chi connectivity index (χ4v) is 3.37. The Kier molecular flexibility index (Phi) is 9.90. The second-order valence-electron chi connectivity index (χ2n) is 9.92. The Labute approximate surface area is 197 Å². The molecule has 2 N–H and O–H groups in total. The molecule has 1 rings (SSSR count). The molecule has 33 heavy (non-hydrogen) atoms. The lowest BCUT2D eigenvalue weighted by Crippen LogP contribution is -2.55. The smallest absolute Gasteiger partial charge is 0.408 e. The number of nitrogens with zero attached hydrogens (tertiary/aromatic N) is 2. The van der Waals surface area contributed by atoms with Crippen molar-refractivity contribution in [3.8, 4) is 6.07 Å². The first kappa shape index (κ1) is 28.0. The lowest BCUT2D eigenvalue weighted by atomic mass is 9.94. The number of aryl methyl sites for hydroxylation is 2. The van der Waals surface area contributed by atoms with Crippen LogP contribution in [-0.4, -0.2) is 47.0 Å². The van der Waals surface area contributed by atoms with Gasteiger partial charge in [0.05, 0.1) is 6.07 Å². The maximum Gasteiger partial charge on any atom is 0.408 e. The van der Waals surface area contributed by atoms with Crippen molar-refractivity contribution in [3.63, 3.8) is 0 Å². The number of amides is 3. The minimum atomic E-state index is -1.03. The molecule has 0 saturated carbocycles. The monoisotopic (exact) mass is 458 g/mol. The molecule has 3 amide bonds. The molecular weight excluding hydrogens is 420 g/mol. The van der Waals surface area contributed by atoms with E-state index in [1.54, 1.807) is 34.6 Å². The summed E-state index contributed by atoms with van der Waals surface area (Å²) in [4.78, 5) is 40.7. The molecule has 0 aliphatic rings. The average Bonchev–Trinajstić information content (AvgIpc) is 2.65. The predicted octanol–water partition coefficient (Wildman–Crippen LogP) is 3.77. The number of hydrogen-bond donors (Lipinski definition) is 2. The number of alkyl carbamates (subject to hydrolysis) is 1. The average molecular weight is 459 g/mol. The zero-order chi connectivity index (χ0) is 25.5. The van der Waals surface area contributed by atoms with Crippen LogP contribution in [0.2, 0.25) is 0 Å². The highest BCUT2D eigenvalue weighted by atomic mass is 16.6. The standard InChI is InChI=1S/C25H38N4O4/c1-15(2)20(28-24(32)33-25(7,8)9)23(31)29(13-12-26)21(22(30)27-16(3)4)19-14-17(5)10-11-18(19)6/h10-11,14-16,20-21H,13H2,1-9H3,(H,27,30)(H,28,32). The fourth-order valence-electron chi connectivity index (χ4n) is 3.37. The van der Waals surface area contributed by atoms with Crippen LogP contribution in [0.4, 0.5) is 4.79 Å². The van der Waals surface area contributed by atoms with Gasteiger partial charge < -0.3 is 20.3 Å². The highest BCUT2D eigenvalue weighted by molar-refractivity contribution is 5.92. The van der Waals surface area contributed by atoms with Crippen LogP contribution in [0.25, 0.3) is 0 Å². The summed E-state index contributed by atoms with van der Waals surface area (Å²) < 4.78 is 5.32. The van der Waals surface area contributed by atoms with Gasteiger partial charge in [-0.1, -0.05) is 37.6 Å². The number of hydrogen-bond acceptors (Lipinski definition) is 5. The first-order chi connectivity index (χ1) is 15.2. The number of rotatable bonds is 8. The number of nitrogens with one attached hydrogen (secondary N) is 2. The van der Waals surface area contributed by atoms with E-state index in [0.717, 1.165) is 11.1 Å². The van der Waals surface area contributed by atoms with E-state index in [0.29, 0.717) is 5.56 Å². The van der Waals surface area contributed by atoms with Crippen molar-refractivity contribution in [3.05, 3.63) is 34.9 Å². The molecule has 2 unspecified atom stereocenters. The molecule has 0 spiro atoms. The van der Waals surface area contributed by atoms with Gasteiger partial charge in [-0.25, -0.2) is 4.79 Å². The lowest BCUT2D eigenvalue weighted by Gasteiger charge is -2.35. The summed E-state index contributed by atoms with van der Waals surface area (Å²) >= 11 is 0. The van der Waals surface area contributed by atoms with Crippen molar-refractivity contribution in [1.29, 1.82) is 5.26 Å². The molecule has 0 saturated heterocycles. The molecule has 8 nitrogen and oxygen atoms in total. The Morgan fingerprint density at radius 2 is 1.70 bits per heavy atom. The van der Waals surface area contributed by atoms with E-state index in [1.807, 2.05) is 52.0 Å². The van der Waals surface area contributed by atoms with Crippen molar-refractivity contribution >= 4 is 17.9 Å². The van der Waals surface area contributed by atoms with Gasteiger partial charge in [0.1, 0.15) is 24.2 Å². The molecule has 0 fully saturated rings. The molecule has 182 valence electrons. The van der Waals surface area contributed by atoms with E-state index in [-0.39, 0.29) is 24.4 Å². The summed E-state index contributed by atoms with van der Waals surface area (Å²) in [5.74, 6) is -1.22. The van der Waals surface area contributed by atoms with Crippen molar-refractivity contribution < 1.29 is 19.1 Å². The van der Waals surface area contributed by atoms with Crippen molar-refractivity contribution in [2.24, 2.45) is 5.92 Å². The number of carbonyl (C=O) groups excluding carboxylic acids is 3. The molecule has 0 aliphatic heterocycles. The van der Waals surface area contributed by atoms with E-state index in [9.17, 15) is 19.6 Å². The summed E-state index contributed by atoms with van der Waals surface area (Å²) in [5, 5.41) is 15.0. The third-order valence-electron chi connectivity index (χ3n) is 4.85. The van der Waals surface area contributed by atoms with E-state index in [1.165, 1.54) is 4.90 Å². The van der Waals surface area contributed by atoms with E-state index in [2.05, 4.69) is 10.6 Å². The minimum absolute atomic E-state index is 0.162. The van der Waals surface area contributed by atoms with Gasteiger partial charge in [-0.3, -0.25) is 9.59 Å². The van der Waals surface area contributed by atoms with Crippen molar-refractivity contribution in [2.45, 2.75) is 86.0 Å². The van der Waals surface area contributed by atoms with Gasteiger partial charge in [0, 0.05) is 6.04 Å². The minimum Gasteiger partial charge on any atom is -0.444 e. The van der Waals surface area contributed by atoms with Crippen LogP contribution >= 0.6 is 0 Å². The Bertz CT molecular complexity index is 897. The summed E-state index contributed by atoms with van der Waals surface area (Å²) in [5.41, 5.74) is 1.65. The molecule has 1 aromatic carbocycles. The lowest BCUT2D eigenvalue weighted by molar-refractivity contribution is -0.142. The molecule has 0 heterocycles. The fraction of sp³-hybridized carbons (Fsp3) is 0.600. The van der Waals surface area contributed by atoms with Gasteiger partial charge in [-0.2, -0.15) is 5.26 Å². The molecule has 0 aliphatic carbocycles. The maximum atomic E-state index is 13.7. The van der Waals surface area contributed by atoms with E-state index < -0.39 is 29.7 Å². The highest BCUT2D eigenvalue weighted by Gasteiger charge is 2.38. The van der Waals surface area contributed by atoms with Crippen LogP contribution < -0.4 is 10.6 Å². The number of ether oxygens (including phenoxy) is 1. The largest absolute Gasteiger partial charge is 0.444 e. The van der Waals surface area contributed by atoms with E-state index >= 15 is 0 Å². The molecule has 1 aromatic rings. The molecular formula is C25H38N4O4. The maximum absolute atomic E-state index is 13.7. The van der Waals surface area contributed by atoms with Gasteiger partial charge in [-0.05, 0) is 65.5 Å². The first-order valence-corrected chi connectivity index (χ1v) is 11.2. The number of carbonyl (C=O) groups is 3. The number of nitriles is 1. The van der Waals surface area contributed by atoms with E-state index in [4.69, 9.17) is 4.74 Å². The molecule has 2 atom stereocenters. The Balaban J connectivity index is 3.50. The normalized spacial score (nSPS) is 13.2. The van der Waals surface area contributed by atoms with Crippen molar-refractivity contribution in [2.75, 3.05) is 6.54 Å². The quantitative estimate of drug-likeness (QED) is 0.576. The third-order valence-corrected chi connectivity index (χ3v) is 4.85. The molecule has 0 aromatic heterocycles. The van der Waals surface area contributed by atoms with Gasteiger partial charge >= 0.3 is 6.09 Å². The molecule has 8 heteroatoms. The second-order valence-corrected chi connectivity index (χ2v) is 9.92. The van der Waals surface area contributed by atoms with Crippen LogP contribution in [0.3, 0.4) is 0 Å². The van der Waals surface area contributed by atoms with Crippen LogP contribution in [-0.2, 0) is 14.3 Å². The highest BCUT2D eigenvalue weighted by Crippen LogP contribution is 2.27. The summed E-state index contributed by atoms with van der Waals surface area (Å²) in [7, 11) is 0. The second kappa shape index (κ2) is 11.7. The zero-order valence-electron chi connectivity index (χ0n) is 21.3. The molecule has 0 radical (unpaired) electrons. The summed E-state index contributed by atoms with van der Waals surface area (Å²) in [6.45, 7) is 15.9. The predicted molar refractivity (Wildman–Crippen MR) is 127 cm³/mol. The van der Waals surface area contributed by atoms with Gasteiger partial charge in [0.2, 0.25) is 11.8 Å². The van der Waals surface area contributed by atoms with Crippen LogP contribution in [0.15, 0.2) is 18.2 Å². The Morgan fingerprint density at radius 3 is 2.18 bits per heavy atom. The topological polar surface area (TPSA) is 112 Å². The van der Waals surface area contributed by atoms with Gasteiger partial charge in [-0.15, -0.1) is 0 Å². The zero-order valence-corrected chi connectivity index (χ0v) is 21.3. The molecule has 0 bridgehead atoms. The van der Waals surface area contributed by atoms with Gasteiger partial charge in [0.15, 0.2) is 0 Å². The number of benzene rings is 1. The third kappa shape index (κ3) is 8.41.